The molecule has 1 atom stereocenters. The zero-order chi connectivity index (χ0) is 20.5. The van der Waals surface area contributed by atoms with Crippen LogP contribution in [-0.4, -0.2) is 51.3 Å². The Morgan fingerprint density at radius 2 is 1.83 bits per heavy atom. The Balaban J connectivity index is 1.40. The Kier molecular flexibility index (Phi) is 5.56. The first kappa shape index (κ1) is 19.7. The maximum absolute atomic E-state index is 4.55. The number of aromatic nitrogens is 4. The van der Waals surface area contributed by atoms with Crippen molar-refractivity contribution in [3.05, 3.63) is 57.5 Å². The van der Waals surface area contributed by atoms with Gasteiger partial charge in [0.05, 0.1) is 6.04 Å². The molecule has 0 radical (unpaired) electrons. The smallest absolute Gasteiger partial charge is 0.174 e. The predicted molar refractivity (Wildman–Crippen MR) is 121 cm³/mol. The van der Waals surface area contributed by atoms with Gasteiger partial charge in [-0.15, -0.1) is 16.4 Å². The number of aryl methyl sites for hydroxylation is 2. The summed E-state index contributed by atoms with van der Waals surface area (Å²) in [6.07, 6.45) is 4.94. The molecule has 3 aromatic rings. The molecule has 1 saturated heterocycles. The highest BCUT2D eigenvalue weighted by atomic mass is 32.1. The largest absolute Gasteiger partial charge is 0.369 e. The van der Waals surface area contributed by atoms with E-state index in [-0.39, 0.29) is 6.04 Å². The summed E-state index contributed by atoms with van der Waals surface area (Å²) in [5, 5.41) is 15.3. The second-order valence-corrected chi connectivity index (χ2v) is 9.63. The number of anilines is 1. The van der Waals surface area contributed by atoms with Crippen molar-refractivity contribution in [2.45, 2.75) is 51.6 Å². The second kappa shape index (κ2) is 8.47. The molecule has 2 aromatic heterocycles. The normalized spacial score (nSPS) is 19.5. The first-order valence-electron chi connectivity index (χ1n) is 11.1. The van der Waals surface area contributed by atoms with Crippen LogP contribution in [0.3, 0.4) is 0 Å². The lowest BCUT2D eigenvalue weighted by atomic mass is 10.1. The van der Waals surface area contributed by atoms with Gasteiger partial charge in [0.25, 0.3) is 0 Å². The zero-order valence-corrected chi connectivity index (χ0v) is 18.7. The van der Waals surface area contributed by atoms with Crippen LogP contribution in [0, 0.1) is 13.8 Å². The molecule has 158 valence electrons. The molecule has 0 bridgehead atoms. The number of rotatable bonds is 5. The van der Waals surface area contributed by atoms with E-state index in [1.165, 1.54) is 47.4 Å². The molecular weight excluding hydrogens is 392 g/mol. The van der Waals surface area contributed by atoms with Crippen LogP contribution in [0.1, 0.15) is 59.6 Å². The van der Waals surface area contributed by atoms with Crippen LogP contribution in [0.4, 0.5) is 5.69 Å². The fraction of sp³-hybridized carbons (Fsp3) is 0.522. The Labute approximate surface area is 182 Å². The lowest BCUT2D eigenvalue weighted by Gasteiger charge is -2.40. The average Bonchev–Trinajstić information content (AvgIpc) is 3.53. The van der Waals surface area contributed by atoms with Gasteiger partial charge in [-0.3, -0.25) is 4.90 Å². The molecule has 1 aliphatic carbocycles. The number of tetrazole rings is 1. The van der Waals surface area contributed by atoms with Crippen molar-refractivity contribution >= 4 is 17.0 Å². The van der Waals surface area contributed by atoms with Gasteiger partial charge >= 0.3 is 0 Å². The zero-order valence-electron chi connectivity index (χ0n) is 17.9. The van der Waals surface area contributed by atoms with Crippen molar-refractivity contribution < 1.29 is 0 Å². The van der Waals surface area contributed by atoms with Crippen molar-refractivity contribution in [1.82, 2.24) is 25.1 Å². The van der Waals surface area contributed by atoms with Gasteiger partial charge in [-0.25, -0.2) is 4.68 Å². The van der Waals surface area contributed by atoms with Crippen LogP contribution < -0.4 is 4.90 Å². The number of hydrogen-bond acceptors (Lipinski definition) is 6. The number of piperazine rings is 1. The van der Waals surface area contributed by atoms with E-state index in [1.54, 1.807) is 0 Å². The van der Waals surface area contributed by atoms with E-state index in [4.69, 9.17) is 0 Å². The molecule has 5 rings (SSSR count). The van der Waals surface area contributed by atoms with Gasteiger partial charge in [0, 0.05) is 36.7 Å². The Hall–Kier alpha value is -2.25. The molecule has 1 aliphatic heterocycles. The summed E-state index contributed by atoms with van der Waals surface area (Å²) in [7, 11) is 0. The molecule has 2 fully saturated rings. The van der Waals surface area contributed by atoms with E-state index in [0.29, 0.717) is 6.04 Å². The molecule has 1 saturated carbocycles. The first-order valence-corrected chi connectivity index (χ1v) is 12.0. The second-order valence-electron chi connectivity index (χ2n) is 8.65. The summed E-state index contributed by atoms with van der Waals surface area (Å²) in [5.41, 5.74) is 4.05. The summed E-state index contributed by atoms with van der Waals surface area (Å²) >= 11 is 1.81. The monoisotopic (exact) mass is 422 g/mol. The number of thiophene rings is 1. The highest BCUT2D eigenvalue weighted by Gasteiger charge is 2.33. The molecular formula is C23H30N6S. The summed E-state index contributed by atoms with van der Waals surface area (Å²) in [6.45, 7) is 8.45. The molecule has 1 unspecified atom stereocenters. The van der Waals surface area contributed by atoms with Crippen LogP contribution in [-0.2, 0) is 0 Å². The van der Waals surface area contributed by atoms with Crippen LogP contribution in [0.25, 0.3) is 0 Å². The molecule has 0 N–H and O–H groups in total. The molecule has 1 aromatic carbocycles. The van der Waals surface area contributed by atoms with Gasteiger partial charge in [0.2, 0.25) is 0 Å². The van der Waals surface area contributed by atoms with Gasteiger partial charge < -0.3 is 4.90 Å². The fourth-order valence-corrected chi connectivity index (χ4v) is 5.84. The third kappa shape index (κ3) is 3.76. The lowest BCUT2D eigenvalue weighted by molar-refractivity contribution is 0.200. The van der Waals surface area contributed by atoms with E-state index >= 15 is 0 Å². The highest BCUT2D eigenvalue weighted by molar-refractivity contribution is 7.10. The maximum atomic E-state index is 4.55. The standard InChI is InChI=1S/C23H30N6S/c1-17-9-10-18(2)20(16-17)27-11-13-28(14-12-27)22(21-8-5-15-30-21)23-24-25-26-29(23)19-6-3-4-7-19/h5,8-10,15-16,19,22H,3-4,6-7,11-14H2,1-2H3. The van der Waals surface area contributed by atoms with E-state index in [2.05, 4.69) is 79.6 Å². The van der Waals surface area contributed by atoms with Crippen LogP contribution in [0.15, 0.2) is 35.7 Å². The van der Waals surface area contributed by atoms with Gasteiger partial charge in [0.15, 0.2) is 5.82 Å². The minimum absolute atomic E-state index is 0.140. The molecule has 0 spiro atoms. The minimum Gasteiger partial charge on any atom is -0.369 e. The van der Waals surface area contributed by atoms with Crippen molar-refractivity contribution in [3.8, 4) is 0 Å². The SMILES string of the molecule is Cc1ccc(C)c(N2CCN(C(c3cccs3)c3nnnn3C3CCCC3)CC2)c1. The summed E-state index contributed by atoms with van der Waals surface area (Å²) in [6, 6.07) is 11.7. The van der Waals surface area contributed by atoms with Gasteiger partial charge in [-0.2, -0.15) is 0 Å². The highest BCUT2D eigenvalue weighted by Crippen LogP contribution is 2.36. The number of hydrogen-bond donors (Lipinski definition) is 0. The molecule has 6 nitrogen and oxygen atoms in total. The van der Waals surface area contributed by atoms with Crippen molar-refractivity contribution in [3.63, 3.8) is 0 Å². The van der Waals surface area contributed by atoms with Crippen LogP contribution in [0.5, 0.6) is 0 Å². The van der Waals surface area contributed by atoms with Crippen LogP contribution >= 0.6 is 11.3 Å². The molecule has 30 heavy (non-hydrogen) atoms. The van der Waals surface area contributed by atoms with E-state index in [1.807, 2.05) is 11.3 Å². The van der Waals surface area contributed by atoms with Crippen molar-refractivity contribution in [2.75, 3.05) is 31.1 Å². The topological polar surface area (TPSA) is 50.1 Å². The third-order valence-electron chi connectivity index (χ3n) is 6.63. The van der Waals surface area contributed by atoms with Crippen molar-refractivity contribution in [1.29, 1.82) is 0 Å². The Morgan fingerprint density at radius 1 is 1.03 bits per heavy atom. The minimum atomic E-state index is 0.140. The Bertz CT molecular complexity index is 968. The third-order valence-corrected chi connectivity index (χ3v) is 7.56. The quantitative estimate of drug-likeness (QED) is 0.611. The van der Waals surface area contributed by atoms with Gasteiger partial charge in [-0.1, -0.05) is 31.0 Å². The Morgan fingerprint density at radius 3 is 2.57 bits per heavy atom. The fourth-order valence-electron chi connectivity index (χ4n) is 4.99. The van der Waals surface area contributed by atoms with E-state index in [0.717, 1.165) is 32.0 Å². The molecule has 3 heterocycles. The van der Waals surface area contributed by atoms with Gasteiger partial charge in [0.1, 0.15) is 6.04 Å². The average molecular weight is 423 g/mol. The molecule has 0 amide bonds. The molecule has 2 aliphatic rings. The first-order chi connectivity index (χ1) is 14.7. The number of nitrogens with zero attached hydrogens (tertiary/aromatic N) is 6. The predicted octanol–water partition coefficient (Wildman–Crippen LogP) is 4.38. The maximum Gasteiger partial charge on any atom is 0.174 e. The van der Waals surface area contributed by atoms with E-state index in [9.17, 15) is 0 Å². The summed E-state index contributed by atoms with van der Waals surface area (Å²) in [5.74, 6) is 1.02. The lowest BCUT2D eigenvalue weighted by Crippen LogP contribution is -2.48. The molecule has 7 heteroatoms. The number of benzene rings is 1. The summed E-state index contributed by atoms with van der Waals surface area (Å²) in [4.78, 5) is 6.44. The van der Waals surface area contributed by atoms with E-state index < -0.39 is 0 Å². The van der Waals surface area contributed by atoms with Crippen LogP contribution in [0.2, 0.25) is 0 Å². The summed E-state index contributed by atoms with van der Waals surface area (Å²) < 4.78 is 2.13. The van der Waals surface area contributed by atoms with Crippen molar-refractivity contribution in [2.24, 2.45) is 0 Å². The van der Waals surface area contributed by atoms with Gasteiger partial charge in [-0.05, 0) is 65.8 Å².